The number of aryl methyl sites for hydroxylation is 2. The van der Waals surface area contributed by atoms with E-state index in [1.807, 2.05) is 58.8 Å². The van der Waals surface area contributed by atoms with Crippen molar-refractivity contribution in [2.75, 3.05) is 14.2 Å². The van der Waals surface area contributed by atoms with Crippen molar-refractivity contribution in [1.82, 2.24) is 24.3 Å². The number of fused-ring (bicyclic) bond motifs is 1. The van der Waals surface area contributed by atoms with E-state index in [-0.39, 0.29) is 11.7 Å². The summed E-state index contributed by atoms with van der Waals surface area (Å²) in [4.78, 5) is 9.14. The summed E-state index contributed by atoms with van der Waals surface area (Å²) in [7, 11) is 3.29. The third kappa shape index (κ3) is 4.74. The second-order valence-corrected chi connectivity index (χ2v) is 8.71. The lowest BCUT2D eigenvalue weighted by Crippen LogP contribution is -2.19. The van der Waals surface area contributed by atoms with Crippen LogP contribution < -0.4 is 4.74 Å². The molecule has 0 spiro atoms. The first-order valence-corrected chi connectivity index (χ1v) is 11.6. The maximum atomic E-state index is 13.9. The molecule has 1 aliphatic rings. The van der Waals surface area contributed by atoms with E-state index in [4.69, 9.17) is 19.6 Å². The minimum atomic E-state index is -0.258. The van der Waals surface area contributed by atoms with E-state index in [0.29, 0.717) is 12.4 Å². The maximum absolute atomic E-state index is 13.9. The highest BCUT2D eigenvalue weighted by Gasteiger charge is 2.27. The highest BCUT2D eigenvalue weighted by molar-refractivity contribution is 5.69. The van der Waals surface area contributed by atoms with Crippen molar-refractivity contribution in [1.29, 1.82) is 0 Å². The normalized spacial score (nSPS) is 15.5. The van der Waals surface area contributed by atoms with Crippen LogP contribution in [0.1, 0.15) is 52.8 Å². The van der Waals surface area contributed by atoms with E-state index in [9.17, 15) is 4.39 Å². The quantitative estimate of drug-likeness (QED) is 0.371. The first-order chi connectivity index (χ1) is 17.1. The lowest BCUT2D eigenvalue weighted by molar-refractivity contribution is 0.183. The standard InChI is InChI=1S/C27H28FN5O2/c1-18-15-32(17-29-18)24-10-6-19(13-25(24)35-3)7-11-26-30-27-23(5-4-12-33(27)31-26)22-9-8-21(28)14-20(22)16-34-2/h6-11,13-15,17,23H,4-5,12,16H2,1-3H3/b11-7+. The number of imidazole rings is 1. The molecule has 0 radical (unpaired) electrons. The molecule has 8 heteroatoms. The molecule has 0 N–H and O–H groups in total. The van der Waals surface area contributed by atoms with Crippen molar-refractivity contribution in [2.45, 2.75) is 38.8 Å². The number of hydrogen-bond acceptors (Lipinski definition) is 5. The summed E-state index contributed by atoms with van der Waals surface area (Å²) in [6.07, 6.45) is 9.56. The van der Waals surface area contributed by atoms with Crippen molar-refractivity contribution in [3.63, 3.8) is 0 Å². The monoisotopic (exact) mass is 473 g/mol. The Morgan fingerprint density at radius 3 is 2.80 bits per heavy atom. The van der Waals surface area contributed by atoms with Gasteiger partial charge in [-0.3, -0.25) is 0 Å². The summed E-state index contributed by atoms with van der Waals surface area (Å²) in [6, 6.07) is 10.9. The Morgan fingerprint density at radius 2 is 2.03 bits per heavy atom. The van der Waals surface area contributed by atoms with Crippen molar-refractivity contribution in [2.24, 2.45) is 0 Å². The van der Waals surface area contributed by atoms with Gasteiger partial charge >= 0.3 is 0 Å². The van der Waals surface area contributed by atoms with Gasteiger partial charge in [-0.1, -0.05) is 18.2 Å². The van der Waals surface area contributed by atoms with Crippen molar-refractivity contribution in [3.05, 3.63) is 88.8 Å². The van der Waals surface area contributed by atoms with E-state index >= 15 is 0 Å². The van der Waals surface area contributed by atoms with Crippen molar-refractivity contribution < 1.29 is 13.9 Å². The number of ether oxygens (including phenoxy) is 2. The van der Waals surface area contributed by atoms with E-state index in [1.54, 1.807) is 26.6 Å². The van der Waals surface area contributed by atoms with Crippen LogP contribution in [0.15, 0.2) is 48.9 Å². The van der Waals surface area contributed by atoms with Crippen LogP contribution in [0.2, 0.25) is 0 Å². The smallest absolute Gasteiger partial charge is 0.174 e. The van der Waals surface area contributed by atoms with E-state index < -0.39 is 0 Å². The zero-order valence-corrected chi connectivity index (χ0v) is 20.1. The zero-order chi connectivity index (χ0) is 24.4. The number of rotatable bonds is 7. The second kappa shape index (κ2) is 9.84. The lowest BCUT2D eigenvalue weighted by atomic mass is 9.88. The van der Waals surface area contributed by atoms with Crippen LogP contribution in [0.25, 0.3) is 17.8 Å². The predicted octanol–water partition coefficient (Wildman–Crippen LogP) is 5.16. The van der Waals surface area contributed by atoms with Crippen molar-refractivity contribution >= 4 is 12.2 Å². The van der Waals surface area contributed by atoms with Crippen LogP contribution in [0.3, 0.4) is 0 Å². The molecule has 7 nitrogen and oxygen atoms in total. The minimum absolute atomic E-state index is 0.0576. The molecule has 1 aliphatic heterocycles. The number of hydrogen-bond donors (Lipinski definition) is 0. The summed E-state index contributed by atoms with van der Waals surface area (Å²) >= 11 is 0. The van der Waals surface area contributed by atoms with Gasteiger partial charge < -0.3 is 14.0 Å². The van der Waals surface area contributed by atoms with Crippen LogP contribution >= 0.6 is 0 Å². The zero-order valence-electron chi connectivity index (χ0n) is 20.1. The Morgan fingerprint density at radius 1 is 1.14 bits per heavy atom. The van der Waals surface area contributed by atoms with Gasteiger partial charge in [0, 0.05) is 25.8 Å². The molecule has 5 rings (SSSR count). The van der Waals surface area contributed by atoms with Gasteiger partial charge in [0.05, 0.1) is 31.4 Å². The highest BCUT2D eigenvalue weighted by atomic mass is 19.1. The maximum Gasteiger partial charge on any atom is 0.174 e. The molecule has 0 aliphatic carbocycles. The summed E-state index contributed by atoms with van der Waals surface area (Å²) in [5.74, 6) is 2.11. The van der Waals surface area contributed by atoms with Gasteiger partial charge in [-0.15, -0.1) is 0 Å². The molecule has 3 heterocycles. The first kappa shape index (κ1) is 23.0. The number of nitrogens with zero attached hydrogens (tertiary/aromatic N) is 5. The van der Waals surface area contributed by atoms with Gasteiger partial charge in [-0.2, -0.15) is 5.10 Å². The van der Waals surface area contributed by atoms with Gasteiger partial charge in [0.2, 0.25) is 0 Å². The fourth-order valence-electron chi connectivity index (χ4n) is 4.66. The van der Waals surface area contributed by atoms with Gasteiger partial charge in [0.1, 0.15) is 17.4 Å². The summed E-state index contributed by atoms with van der Waals surface area (Å²) in [6.45, 7) is 3.14. The molecule has 35 heavy (non-hydrogen) atoms. The Hall–Kier alpha value is -3.78. The summed E-state index contributed by atoms with van der Waals surface area (Å²) in [5, 5.41) is 4.72. The van der Waals surface area contributed by atoms with Crippen LogP contribution in [0, 0.1) is 12.7 Å². The summed E-state index contributed by atoms with van der Waals surface area (Å²) in [5.41, 5.74) is 4.75. The van der Waals surface area contributed by atoms with Crippen LogP contribution in [0.5, 0.6) is 5.75 Å². The molecule has 1 unspecified atom stereocenters. The number of aromatic nitrogens is 5. The van der Waals surface area contributed by atoms with Crippen molar-refractivity contribution in [3.8, 4) is 11.4 Å². The first-order valence-electron chi connectivity index (χ1n) is 11.6. The van der Waals surface area contributed by atoms with E-state index in [0.717, 1.165) is 59.0 Å². The fourth-order valence-corrected chi connectivity index (χ4v) is 4.66. The molecule has 0 fully saturated rings. The second-order valence-electron chi connectivity index (χ2n) is 8.71. The van der Waals surface area contributed by atoms with Gasteiger partial charge in [-0.05, 0) is 66.8 Å². The topological polar surface area (TPSA) is 67.0 Å². The molecular formula is C27H28FN5O2. The molecular weight excluding hydrogens is 445 g/mol. The minimum Gasteiger partial charge on any atom is -0.495 e. The Labute approximate surface area is 203 Å². The number of halogens is 1. The number of benzene rings is 2. The van der Waals surface area contributed by atoms with Crippen LogP contribution in [-0.4, -0.2) is 38.5 Å². The third-order valence-corrected chi connectivity index (χ3v) is 6.29. The van der Waals surface area contributed by atoms with Crippen LogP contribution in [-0.2, 0) is 17.9 Å². The Bertz CT molecular complexity index is 1370. The fraction of sp³-hybridized carbons (Fsp3) is 0.296. The third-order valence-electron chi connectivity index (χ3n) is 6.29. The molecule has 4 aromatic rings. The molecule has 1 atom stereocenters. The van der Waals surface area contributed by atoms with Gasteiger partial charge in [0.25, 0.3) is 0 Å². The molecule has 0 amide bonds. The molecule has 0 saturated carbocycles. The van der Waals surface area contributed by atoms with Gasteiger partial charge in [0.15, 0.2) is 5.82 Å². The average molecular weight is 474 g/mol. The summed E-state index contributed by atoms with van der Waals surface area (Å²) < 4.78 is 28.7. The van der Waals surface area contributed by atoms with Crippen LogP contribution in [0.4, 0.5) is 4.39 Å². The van der Waals surface area contributed by atoms with E-state index in [2.05, 4.69) is 4.98 Å². The lowest BCUT2D eigenvalue weighted by Gasteiger charge is -2.24. The number of methoxy groups -OCH3 is 2. The molecule has 180 valence electrons. The average Bonchev–Trinajstić information content (AvgIpc) is 3.49. The molecule has 0 saturated heterocycles. The Balaban J connectivity index is 1.42. The van der Waals surface area contributed by atoms with Gasteiger partial charge in [-0.25, -0.2) is 19.0 Å². The predicted molar refractivity (Wildman–Crippen MR) is 132 cm³/mol. The molecule has 2 aromatic heterocycles. The Kier molecular flexibility index (Phi) is 6.46. The highest BCUT2D eigenvalue weighted by Crippen LogP contribution is 2.35. The molecule has 0 bridgehead atoms. The van der Waals surface area contributed by atoms with E-state index in [1.165, 1.54) is 6.07 Å². The molecule has 2 aromatic carbocycles. The largest absolute Gasteiger partial charge is 0.495 e. The SMILES string of the molecule is COCc1cc(F)ccc1C1CCCn2nc(/C=C/c3ccc(-n4cnc(C)c4)c(OC)c3)nc21.